The van der Waals surface area contributed by atoms with Gasteiger partial charge < -0.3 is 5.32 Å². The predicted octanol–water partition coefficient (Wildman–Crippen LogP) is 0.634. The summed E-state index contributed by atoms with van der Waals surface area (Å²) >= 11 is 0. The van der Waals surface area contributed by atoms with Gasteiger partial charge in [-0.25, -0.2) is 9.89 Å². The minimum absolute atomic E-state index is 0.181. The molecule has 1 aliphatic carbocycles. The molecule has 3 rings (SSSR count). The first kappa shape index (κ1) is 15.4. The number of carbonyl (C=O) groups is 3. The zero-order chi connectivity index (χ0) is 16.4. The van der Waals surface area contributed by atoms with Crippen molar-refractivity contribution < 1.29 is 14.4 Å². The van der Waals surface area contributed by atoms with Crippen molar-refractivity contribution in [3.8, 4) is 0 Å². The van der Waals surface area contributed by atoms with Crippen LogP contribution >= 0.6 is 0 Å². The Bertz CT molecular complexity index is 606. The quantitative estimate of drug-likeness (QED) is 0.703. The van der Waals surface area contributed by atoms with E-state index >= 15 is 0 Å². The van der Waals surface area contributed by atoms with E-state index in [-0.39, 0.29) is 18.4 Å². The number of H-pyrrole nitrogens is 1. The highest BCUT2D eigenvalue weighted by molar-refractivity contribution is 6.10. The molecule has 9 heteroatoms. The lowest BCUT2D eigenvalue weighted by molar-refractivity contribution is -0.135. The molecule has 1 saturated heterocycles. The SMILES string of the molecule is CCC1CCC2(CC1)NC(=O)N(CC(=O)Nc1ncn[nH]1)C2=O. The number of urea groups is 1. The maximum atomic E-state index is 12.7. The normalized spacial score (nSPS) is 27.3. The fraction of sp³-hybridized carbons (Fsp3) is 0.643. The van der Waals surface area contributed by atoms with Crippen LogP contribution in [0.15, 0.2) is 6.33 Å². The lowest BCUT2D eigenvalue weighted by atomic mass is 9.75. The van der Waals surface area contributed by atoms with Crippen LogP contribution in [0.25, 0.3) is 0 Å². The van der Waals surface area contributed by atoms with Crippen molar-refractivity contribution in [3.05, 3.63) is 6.33 Å². The van der Waals surface area contributed by atoms with Gasteiger partial charge in [0.05, 0.1) is 0 Å². The molecule has 1 aliphatic heterocycles. The lowest BCUT2D eigenvalue weighted by Crippen LogP contribution is -2.49. The molecule has 0 bridgehead atoms. The summed E-state index contributed by atoms with van der Waals surface area (Å²) in [6.07, 6.45) is 5.44. The molecule has 1 saturated carbocycles. The van der Waals surface area contributed by atoms with Crippen LogP contribution in [0, 0.1) is 5.92 Å². The number of rotatable bonds is 4. The number of aromatic nitrogens is 3. The zero-order valence-corrected chi connectivity index (χ0v) is 13.0. The molecule has 0 aromatic carbocycles. The number of aromatic amines is 1. The summed E-state index contributed by atoms with van der Waals surface area (Å²) in [4.78, 5) is 41.5. The maximum absolute atomic E-state index is 12.7. The summed E-state index contributed by atoms with van der Waals surface area (Å²) in [5.41, 5.74) is -0.824. The van der Waals surface area contributed by atoms with Crippen LogP contribution in [0.1, 0.15) is 39.0 Å². The predicted molar refractivity (Wildman–Crippen MR) is 80.2 cm³/mol. The highest BCUT2D eigenvalue weighted by Crippen LogP contribution is 2.37. The van der Waals surface area contributed by atoms with Gasteiger partial charge in [0.1, 0.15) is 18.4 Å². The molecular formula is C14H20N6O3. The molecule has 1 spiro atoms. The summed E-state index contributed by atoms with van der Waals surface area (Å²) in [6.45, 7) is 1.81. The number of hydrogen-bond donors (Lipinski definition) is 3. The molecule has 4 amide bonds. The standard InChI is InChI=1S/C14H20N6O3/c1-2-9-3-5-14(6-4-9)11(22)20(13(23)18-14)7-10(21)17-12-15-8-16-19-12/h8-9H,2-7H2,1H3,(H,18,23)(H2,15,16,17,19,21). The number of carbonyl (C=O) groups excluding carboxylic acids is 3. The molecular weight excluding hydrogens is 300 g/mol. The van der Waals surface area contributed by atoms with Crippen molar-refractivity contribution >= 4 is 23.8 Å². The summed E-state index contributed by atoms with van der Waals surface area (Å²) in [5, 5.41) is 11.4. The highest BCUT2D eigenvalue weighted by atomic mass is 16.2. The van der Waals surface area contributed by atoms with Crippen LogP contribution in [0.4, 0.5) is 10.7 Å². The Kier molecular flexibility index (Phi) is 4.01. The Morgan fingerprint density at radius 3 is 2.78 bits per heavy atom. The number of imide groups is 1. The number of nitrogens with one attached hydrogen (secondary N) is 3. The zero-order valence-electron chi connectivity index (χ0n) is 13.0. The summed E-state index contributed by atoms with van der Waals surface area (Å²) in [7, 11) is 0. The maximum Gasteiger partial charge on any atom is 0.325 e. The number of anilines is 1. The highest BCUT2D eigenvalue weighted by Gasteiger charge is 2.52. The largest absolute Gasteiger partial charge is 0.325 e. The molecule has 0 atom stereocenters. The number of nitrogens with zero attached hydrogens (tertiary/aromatic N) is 3. The van der Waals surface area contributed by atoms with E-state index in [0.29, 0.717) is 18.8 Å². The molecule has 0 unspecified atom stereocenters. The van der Waals surface area contributed by atoms with Gasteiger partial charge in [-0.15, -0.1) is 0 Å². The van der Waals surface area contributed by atoms with Crippen molar-refractivity contribution in [1.29, 1.82) is 0 Å². The Labute approximate surface area is 133 Å². The second-order valence-electron chi connectivity index (χ2n) is 6.14. The van der Waals surface area contributed by atoms with Crippen LogP contribution in [-0.4, -0.2) is 50.0 Å². The molecule has 1 aromatic rings. The van der Waals surface area contributed by atoms with E-state index in [2.05, 4.69) is 32.7 Å². The van der Waals surface area contributed by atoms with Crippen molar-refractivity contribution in [1.82, 2.24) is 25.4 Å². The minimum atomic E-state index is -0.824. The average Bonchev–Trinajstić information content (AvgIpc) is 3.11. The second kappa shape index (κ2) is 5.98. The van der Waals surface area contributed by atoms with Gasteiger partial charge in [0.2, 0.25) is 11.9 Å². The van der Waals surface area contributed by atoms with Crippen LogP contribution in [-0.2, 0) is 9.59 Å². The van der Waals surface area contributed by atoms with Gasteiger partial charge in [-0.1, -0.05) is 13.3 Å². The van der Waals surface area contributed by atoms with Gasteiger partial charge >= 0.3 is 6.03 Å². The van der Waals surface area contributed by atoms with Crippen molar-refractivity contribution in [3.63, 3.8) is 0 Å². The molecule has 3 N–H and O–H groups in total. The van der Waals surface area contributed by atoms with Crippen LogP contribution in [0.5, 0.6) is 0 Å². The molecule has 0 radical (unpaired) electrons. The monoisotopic (exact) mass is 320 g/mol. The Morgan fingerprint density at radius 1 is 1.43 bits per heavy atom. The molecule has 9 nitrogen and oxygen atoms in total. The number of hydrogen-bond acceptors (Lipinski definition) is 5. The molecule has 2 fully saturated rings. The third-order valence-electron chi connectivity index (χ3n) is 4.76. The van der Waals surface area contributed by atoms with E-state index in [9.17, 15) is 14.4 Å². The van der Waals surface area contributed by atoms with Gasteiger partial charge in [-0.3, -0.25) is 19.8 Å². The summed E-state index contributed by atoms with van der Waals surface area (Å²) in [6, 6.07) is -0.502. The Balaban J connectivity index is 1.64. The van der Waals surface area contributed by atoms with E-state index in [4.69, 9.17) is 0 Å². The minimum Gasteiger partial charge on any atom is -0.323 e. The van der Waals surface area contributed by atoms with Gasteiger partial charge in [-0.05, 0) is 31.6 Å². The van der Waals surface area contributed by atoms with Crippen LogP contribution < -0.4 is 10.6 Å². The Hall–Kier alpha value is -2.45. The smallest absolute Gasteiger partial charge is 0.323 e. The summed E-state index contributed by atoms with van der Waals surface area (Å²) < 4.78 is 0. The molecule has 2 heterocycles. The topological polar surface area (TPSA) is 120 Å². The summed E-state index contributed by atoms with van der Waals surface area (Å²) in [5.74, 6) is -0.0105. The fourth-order valence-electron chi connectivity index (χ4n) is 3.32. The Morgan fingerprint density at radius 2 is 2.17 bits per heavy atom. The first-order valence-electron chi connectivity index (χ1n) is 7.83. The van der Waals surface area contributed by atoms with Crippen LogP contribution in [0.2, 0.25) is 0 Å². The molecule has 2 aliphatic rings. The van der Waals surface area contributed by atoms with Gasteiger partial charge in [0.15, 0.2) is 0 Å². The van der Waals surface area contributed by atoms with Crippen molar-refractivity contribution in [2.24, 2.45) is 5.92 Å². The van der Waals surface area contributed by atoms with Crippen molar-refractivity contribution in [2.75, 3.05) is 11.9 Å². The van der Waals surface area contributed by atoms with E-state index < -0.39 is 17.5 Å². The van der Waals surface area contributed by atoms with Crippen LogP contribution in [0.3, 0.4) is 0 Å². The first-order valence-corrected chi connectivity index (χ1v) is 7.83. The van der Waals surface area contributed by atoms with Crippen molar-refractivity contribution in [2.45, 2.75) is 44.6 Å². The van der Waals surface area contributed by atoms with E-state index in [1.165, 1.54) is 6.33 Å². The van der Waals surface area contributed by atoms with Gasteiger partial charge in [0.25, 0.3) is 5.91 Å². The van der Waals surface area contributed by atoms with Gasteiger partial charge in [0, 0.05) is 0 Å². The van der Waals surface area contributed by atoms with Gasteiger partial charge in [-0.2, -0.15) is 10.1 Å². The molecule has 1 aromatic heterocycles. The lowest BCUT2D eigenvalue weighted by Gasteiger charge is -2.34. The first-order chi connectivity index (χ1) is 11.0. The average molecular weight is 320 g/mol. The van der Waals surface area contributed by atoms with E-state index in [0.717, 1.165) is 24.2 Å². The second-order valence-corrected chi connectivity index (χ2v) is 6.14. The third-order valence-corrected chi connectivity index (χ3v) is 4.76. The van der Waals surface area contributed by atoms with E-state index in [1.807, 2.05) is 0 Å². The van der Waals surface area contributed by atoms with E-state index in [1.54, 1.807) is 0 Å². The molecule has 124 valence electrons. The number of amides is 4. The third kappa shape index (κ3) is 2.90. The molecule has 23 heavy (non-hydrogen) atoms. The fourth-order valence-corrected chi connectivity index (χ4v) is 3.32.